The minimum Gasteiger partial charge on any atom is -0.337 e. The molecule has 16 heavy (non-hydrogen) atoms. The molecule has 1 aromatic rings. The molecule has 1 aliphatic carbocycles. The van der Waals surface area contributed by atoms with Gasteiger partial charge in [-0.3, -0.25) is 4.90 Å². The number of aryl methyl sites for hydroxylation is 1. The highest BCUT2D eigenvalue weighted by Crippen LogP contribution is 2.32. The Morgan fingerprint density at radius 1 is 1.38 bits per heavy atom. The van der Waals surface area contributed by atoms with E-state index in [9.17, 15) is 0 Å². The van der Waals surface area contributed by atoms with Crippen molar-refractivity contribution in [1.29, 1.82) is 0 Å². The van der Waals surface area contributed by atoms with Gasteiger partial charge in [-0.05, 0) is 19.3 Å². The zero-order valence-corrected chi connectivity index (χ0v) is 9.95. The lowest BCUT2D eigenvalue weighted by Gasteiger charge is -2.36. The molecule has 0 radical (unpaired) electrons. The predicted molar refractivity (Wildman–Crippen MR) is 63.3 cm³/mol. The molecular formula is C12H20N4. The van der Waals surface area contributed by atoms with E-state index in [-0.39, 0.29) is 0 Å². The van der Waals surface area contributed by atoms with Crippen molar-refractivity contribution in [2.75, 3.05) is 26.2 Å². The van der Waals surface area contributed by atoms with Crippen LogP contribution in [0.15, 0.2) is 6.33 Å². The third-order valence-corrected chi connectivity index (χ3v) is 3.89. The lowest BCUT2D eigenvalue weighted by Crippen LogP contribution is -2.45. The Bertz CT molecular complexity index is 365. The van der Waals surface area contributed by atoms with Crippen LogP contribution in [0.25, 0.3) is 0 Å². The van der Waals surface area contributed by atoms with Crippen molar-refractivity contribution < 1.29 is 0 Å². The zero-order chi connectivity index (χ0) is 11.0. The van der Waals surface area contributed by atoms with Gasteiger partial charge in [-0.25, -0.2) is 4.98 Å². The SMILES string of the molecule is Cn1cnc2c1CCCC2N1CCNCC1. The molecule has 0 saturated carbocycles. The summed E-state index contributed by atoms with van der Waals surface area (Å²) in [5.41, 5.74) is 2.80. The van der Waals surface area contributed by atoms with Crippen LogP contribution in [0.1, 0.15) is 30.3 Å². The molecule has 1 N–H and O–H groups in total. The van der Waals surface area contributed by atoms with Crippen LogP contribution >= 0.6 is 0 Å². The van der Waals surface area contributed by atoms with Crippen LogP contribution in [0.2, 0.25) is 0 Å². The van der Waals surface area contributed by atoms with Gasteiger partial charge < -0.3 is 9.88 Å². The fraction of sp³-hybridized carbons (Fsp3) is 0.750. The van der Waals surface area contributed by atoms with Crippen molar-refractivity contribution in [3.63, 3.8) is 0 Å². The Labute approximate surface area is 96.7 Å². The summed E-state index contributed by atoms with van der Waals surface area (Å²) < 4.78 is 2.20. The van der Waals surface area contributed by atoms with Gasteiger partial charge in [0.25, 0.3) is 0 Å². The number of nitrogens with one attached hydrogen (secondary N) is 1. The second-order valence-corrected chi connectivity index (χ2v) is 4.88. The standard InChI is InChI=1S/C12H20N4/c1-15-9-14-12-10(15)3-2-4-11(12)16-7-5-13-6-8-16/h9,11,13H,2-8H2,1H3. The number of piperazine rings is 1. The largest absolute Gasteiger partial charge is 0.337 e. The van der Waals surface area contributed by atoms with Crippen molar-refractivity contribution in [1.82, 2.24) is 19.8 Å². The Balaban J connectivity index is 1.86. The smallest absolute Gasteiger partial charge is 0.0949 e. The summed E-state index contributed by atoms with van der Waals surface area (Å²) >= 11 is 0. The minimum atomic E-state index is 0.576. The van der Waals surface area contributed by atoms with Crippen molar-refractivity contribution in [2.24, 2.45) is 7.05 Å². The van der Waals surface area contributed by atoms with E-state index in [2.05, 4.69) is 26.8 Å². The number of hydrogen-bond acceptors (Lipinski definition) is 3. The molecule has 2 heterocycles. The number of fused-ring (bicyclic) bond motifs is 1. The fourth-order valence-electron chi connectivity index (χ4n) is 3.01. The lowest BCUT2D eigenvalue weighted by molar-refractivity contribution is 0.154. The van der Waals surface area contributed by atoms with Gasteiger partial charge >= 0.3 is 0 Å². The lowest BCUT2D eigenvalue weighted by atomic mass is 9.94. The van der Waals surface area contributed by atoms with E-state index in [1.807, 2.05) is 6.33 Å². The first kappa shape index (κ1) is 10.3. The number of imidazole rings is 1. The molecule has 1 fully saturated rings. The summed E-state index contributed by atoms with van der Waals surface area (Å²) in [6.45, 7) is 4.58. The third kappa shape index (κ3) is 1.66. The van der Waals surface area contributed by atoms with E-state index in [0.717, 1.165) is 13.1 Å². The summed E-state index contributed by atoms with van der Waals surface area (Å²) in [5, 5.41) is 3.42. The number of rotatable bonds is 1. The molecule has 3 rings (SSSR count). The van der Waals surface area contributed by atoms with Gasteiger partial charge in [0.1, 0.15) is 0 Å². The summed E-state index contributed by atoms with van der Waals surface area (Å²) in [5.74, 6) is 0. The van der Waals surface area contributed by atoms with E-state index in [1.165, 1.54) is 43.7 Å². The topological polar surface area (TPSA) is 33.1 Å². The number of aromatic nitrogens is 2. The zero-order valence-electron chi connectivity index (χ0n) is 9.95. The van der Waals surface area contributed by atoms with Crippen molar-refractivity contribution in [3.05, 3.63) is 17.7 Å². The van der Waals surface area contributed by atoms with E-state index >= 15 is 0 Å². The van der Waals surface area contributed by atoms with E-state index < -0.39 is 0 Å². The first-order valence-corrected chi connectivity index (χ1v) is 6.31. The van der Waals surface area contributed by atoms with E-state index in [1.54, 1.807) is 0 Å². The highest BCUT2D eigenvalue weighted by atomic mass is 15.2. The maximum atomic E-state index is 4.61. The number of hydrogen-bond donors (Lipinski definition) is 1. The molecule has 4 nitrogen and oxygen atoms in total. The molecule has 0 aromatic carbocycles. The van der Waals surface area contributed by atoms with Gasteiger partial charge in [0.15, 0.2) is 0 Å². The monoisotopic (exact) mass is 220 g/mol. The Morgan fingerprint density at radius 2 is 2.19 bits per heavy atom. The van der Waals surface area contributed by atoms with Gasteiger partial charge in [0, 0.05) is 38.9 Å². The van der Waals surface area contributed by atoms with Gasteiger partial charge in [-0.1, -0.05) is 0 Å². The van der Waals surface area contributed by atoms with E-state index in [4.69, 9.17) is 0 Å². The maximum absolute atomic E-state index is 4.61. The molecular weight excluding hydrogens is 200 g/mol. The Morgan fingerprint density at radius 3 is 3.00 bits per heavy atom. The first-order valence-electron chi connectivity index (χ1n) is 6.31. The van der Waals surface area contributed by atoms with Crippen LogP contribution in [0.3, 0.4) is 0 Å². The molecule has 88 valence electrons. The molecule has 1 saturated heterocycles. The van der Waals surface area contributed by atoms with Gasteiger partial charge in [0.2, 0.25) is 0 Å². The second kappa shape index (κ2) is 4.18. The summed E-state index contributed by atoms with van der Waals surface area (Å²) in [4.78, 5) is 7.21. The molecule has 2 aliphatic rings. The average molecular weight is 220 g/mol. The summed E-state index contributed by atoms with van der Waals surface area (Å²) in [7, 11) is 2.12. The van der Waals surface area contributed by atoms with Crippen molar-refractivity contribution >= 4 is 0 Å². The van der Waals surface area contributed by atoms with Gasteiger partial charge in [0.05, 0.1) is 18.1 Å². The Hall–Kier alpha value is -0.870. The van der Waals surface area contributed by atoms with Crippen LogP contribution < -0.4 is 5.32 Å². The predicted octanol–water partition coefficient (Wildman–Crippen LogP) is 0.703. The van der Waals surface area contributed by atoms with Crippen LogP contribution in [0, 0.1) is 0 Å². The molecule has 1 unspecified atom stereocenters. The highest BCUT2D eigenvalue weighted by molar-refractivity contribution is 5.20. The highest BCUT2D eigenvalue weighted by Gasteiger charge is 2.29. The Kier molecular flexibility index (Phi) is 2.69. The minimum absolute atomic E-state index is 0.576. The fourth-order valence-corrected chi connectivity index (χ4v) is 3.01. The van der Waals surface area contributed by atoms with Gasteiger partial charge in [-0.15, -0.1) is 0 Å². The van der Waals surface area contributed by atoms with Crippen LogP contribution in [-0.4, -0.2) is 40.6 Å². The third-order valence-electron chi connectivity index (χ3n) is 3.89. The van der Waals surface area contributed by atoms with Crippen molar-refractivity contribution in [2.45, 2.75) is 25.3 Å². The molecule has 4 heteroatoms. The summed E-state index contributed by atoms with van der Waals surface area (Å²) in [6.07, 6.45) is 5.77. The van der Waals surface area contributed by atoms with E-state index in [0.29, 0.717) is 6.04 Å². The molecule has 1 aromatic heterocycles. The van der Waals surface area contributed by atoms with Gasteiger partial charge in [-0.2, -0.15) is 0 Å². The molecule has 0 amide bonds. The van der Waals surface area contributed by atoms with Crippen molar-refractivity contribution in [3.8, 4) is 0 Å². The molecule has 1 atom stereocenters. The maximum Gasteiger partial charge on any atom is 0.0949 e. The van der Waals surface area contributed by atoms with Crippen LogP contribution in [0.4, 0.5) is 0 Å². The molecule has 0 spiro atoms. The normalized spacial score (nSPS) is 26.7. The molecule has 1 aliphatic heterocycles. The van der Waals surface area contributed by atoms with Crippen LogP contribution in [-0.2, 0) is 13.5 Å². The quantitative estimate of drug-likeness (QED) is 0.756. The van der Waals surface area contributed by atoms with Crippen LogP contribution in [0.5, 0.6) is 0 Å². The number of nitrogens with zero attached hydrogens (tertiary/aromatic N) is 3. The molecule has 0 bridgehead atoms. The second-order valence-electron chi connectivity index (χ2n) is 4.88. The first-order chi connectivity index (χ1) is 7.86. The summed E-state index contributed by atoms with van der Waals surface area (Å²) in [6, 6.07) is 0.576. The average Bonchev–Trinajstić information content (AvgIpc) is 2.73.